The summed E-state index contributed by atoms with van der Waals surface area (Å²) in [6, 6.07) is 0.894. The van der Waals surface area contributed by atoms with Gasteiger partial charge in [0.15, 0.2) is 10.3 Å². The number of anilines is 1. The van der Waals surface area contributed by atoms with Crippen molar-refractivity contribution in [2.24, 2.45) is 5.73 Å². The number of hydrogen-bond acceptors (Lipinski definition) is 10. The number of pyridine rings is 1. The second kappa shape index (κ2) is 14.6. The van der Waals surface area contributed by atoms with Crippen LogP contribution in [0.15, 0.2) is 12.1 Å². The molecular weight excluding hydrogens is 554 g/mol. The molecule has 0 radical (unpaired) electrons. The number of nitrogens with two attached hydrogens (primary N) is 1. The van der Waals surface area contributed by atoms with Crippen molar-refractivity contribution in [2.75, 3.05) is 18.4 Å². The molecule has 0 amide bonds. The van der Waals surface area contributed by atoms with Crippen molar-refractivity contribution in [3.8, 4) is 5.75 Å². The summed E-state index contributed by atoms with van der Waals surface area (Å²) in [4.78, 5) is 31.6. The quantitative estimate of drug-likeness (QED) is 0.121. The second-order valence-electron chi connectivity index (χ2n) is 6.78. The van der Waals surface area contributed by atoms with Gasteiger partial charge < -0.3 is 16.2 Å². The number of aromatic hydroxyl groups is 1. The highest BCUT2D eigenvalue weighted by Gasteiger charge is 2.30. The smallest absolute Gasteiger partial charge is 0.324 e. The Hall–Kier alpha value is -2.71. The number of phenols is 1. The number of nitrogens with one attached hydrogen (secondary N) is 1. The zero-order valence-corrected chi connectivity index (χ0v) is 20.9. The van der Waals surface area contributed by atoms with Gasteiger partial charge in [0.2, 0.25) is 0 Å². The topological polar surface area (TPSA) is 201 Å². The maximum absolute atomic E-state index is 10.4. The summed E-state index contributed by atoms with van der Waals surface area (Å²) in [5.74, 6) is -1.21. The van der Waals surface area contributed by atoms with Gasteiger partial charge in [0.25, 0.3) is 11.4 Å². The van der Waals surface area contributed by atoms with Crippen molar-refractivity contribution in [3.05, 3.63) is 62.8 Å². The number of phenolic OH excluding ortho intramolecular Hbond substituents is 1. The molecule has 0 saturated heterocycles. The lowest BCUT2D eigenvalue weighted by Crippen LogP contribution is -2.04. The van der Waals surface area contributed by atoms with Crippen LogP contribution in [-0.4, -0.2) is 37.9 Å². The molecule has 1 aromatic heterocycles. The van der Waals surface area contributed by atoms with Crippen molar-refractivity contribution >= 4 is 69.2 Å². The summed E-state index contributed by atoms with van der Waals surface area (Å²) in [5, 5.41) is 44.3. The fraction of sp³-hybridized carbons (Fsp3) is 0.389. The number of unbranched alkanes of at least 4 members (excludes halogenated alkanes) is 4. The van der Waals surface area contributed by atoms with Crippen LogP contribution in [0.3, 0.4) is 0 Å². The maximum atomic E-state index is 10.4. The summed E-state index contributed by atoms with van der Waals surface area (Å²) >= 11 is 23.8. The van der Waals surface area contributed by atoms with Crippen LogP contribution in [-0.2, 0) is 0 Å². The molecule has 0 saturated carbocycles. The molecule has 2 aromatic rings. The predicted molar refractivity (Wildman–Crippen MR) is 133 cm³/mol. The van der Waals surface area contributed by atoms with Gasteiger partial charge in [-0.1, -0.05) is 65.7 Å². The molecule has 1 aromatic carbocycles. The average molecular weight is 574 g/mol. The third-order valence-corrected chi connectivity index (χ3v) is 5.82. The first-order valence-electron chi connectivity index (χ1n) is 9.86. The molecule has 0 bridgehead atoms. The van der Waals surface area contributed by atoms with Crippen molar-refractivity contribution in [1.29, 1.82) is 0 Å². The first-order valence-corrected chi connectivity index (χ1v) is 11.4. The van der Waals surface area contributed by atoms with Gasteiger partial charge in [0, 0.05) is 6.54 Å². The monoisotopic (exact) mass is 572 g/mol. The van der Waals surface area contributed by atoms with Crippen LogP contribution >= 0.6 is 46.4 Å². The Bertz CT molecular complexity index is 1030. The normalized spacial score (nSPS) is 10.3. The standard InChI is InChI=1S/C12H17Cl4N3.C6H3N3O7/c13-8-10(9(14)12(16)19-11(8)15)18-7-5-3-1-2-4-6-17;10-6-4(8(13)14)1-3(7(11)12)2-5(6)9(15)16/h1-7,17H2,(H,18,19);1-2,10H. The molecule has 0 aliphatic heterocycles. The Morgan fingerprint density at radius 2 is 1.29 bits per heavy atom. The van der Waals surface area contributed by atoms with Crippen molar-refractivity contribution in [2.45, 2.75) is 32.1 Å². The molecule has 13 nitrogen and oxygen atoms in total. The van der Waals surface area contributed by atoms with Gasteiger partial charge in [-0.15, -0.1) is 0 Å². The third-order valence-electron chi connectivity index (χ3n) is 4.34. The molecule has 0 aliphatic rings. The van der Waals surface area contributed by atoms with Crippen LogP contribution in [0.1, 0.15) is 32.1 Å². The minimum atomic E-state index is -1.21. The summed E-state index contributed by atoms with van der Waals surface area (Å²) < 4.78 is 0. The number of nitro benzene ring substituents is 3. The molecule has 2 rings (SSSR count). The number of benzene rings is 1. The SMILES string of the molecule is NCCCCCCCNc1c(Cl)c(Cl)nc(Cl)c1Cl.O=[N+]([O-])c1cc([N+](=O)[O-])c(O)c([N+](=O)[O-])c1. The van der Waals surface area contributed by atoms with E-state index in [2.05, 4.69) is 10.3 Å². The maximum Gasteiger partial charge on any atom is 0.324 e. The molecule has 0 aliphatic carbocycles. The number of non-ortho nitro benzene ring substituents is 1. The number of aromatic nitrogens is 1. The summed E-state index contributed by atoms with van der Waals surface area (Å²) in [6.45, 7) is 1.52. The molecule has 35 heavy (non-hydrogen) atoms. The van der Waals surface area contributed by atoms with E-state index in [0.29, 0.717) is 27.9 Å². The zero-order valence-electron chi connectivity index (χ0n) is 17.9. The second-order valence-corrected chi connectivity index (χ2v) is 8.26. The van der Waals surface area contributed by atoms with Gasteiger partial charge in [-0.3, -0.25) is 30.3 Å². The lowest BCUT2D eigenvalue weighted by Gasteiger charge is -2.12. The number of nitrogens with zero attached hydrogens (tertiary/aromatic N) is 4. The van der Waals surface area contributed by atoms with Crippen molar-refractivity contribution in [1.82, 2.24) is 4.98 Å². The summed E-state index contributed by atoms with van der Waals surface area (Å²) in [6.07, 6.45) is 5.59. The first kappa shape index (κ1) is 30.3. The highest BCUT2D eigenvalue weighted by atomic mass is 35.5. The van der Waals surface area contributed by atoms with Gasteiger partial charge >= 0.3 is 11.4 Å². The molecule has 17 heteroatoms. The van der Waals surface area contributed by atoms with Gasteiger partial charge in [-0.2, -0.15) is 0 Å². The Balaban J connectivity index is 0.000000355. The zero-order chi connectivity index (χ0) is 26.7. The number of halogens is 4. The predicted octanol–water partition coefficient (Wildman–Crippen LogP) is 6.13. The van der Waals surface area contributed by atoms with E-state index < -0.39 is 37.6 Å². The molecular formula is C18H20Cl4N6O7. The van der Waals surface area contributed by atoms with Gasteiger partial charge in [-0.25, -0.2) is 4.98 Å². The molecule has 0 atom stereocenters. The minimum absolute atomic E-state index is 0.154. The molecule has 1 heterocycles. The number of rotatable bonds is 11. The van der Waals surface area contributed by atoms with Crippen LogP contribution in [0.2, 0.25) is 20.4 Å². The van der Waals surface area contributed by atoms with Crippen LogP contribution < -0.4 is 11.1 Å². The number of hydrogen-bond donors (Lipinski definition) is 3. The minimum Gasteiger partial charge on any atom is -0.497 e. The van der Waals surface area contributed by atoms with Crippen molar-refractivity contribution in [3.63, 3.8) is 0 Å². The largest absolute Gasteiger partial charge is 0.497 e. The molecule has 0 fully saturated rings. The fourth-order valence-corrected chi connectivity index (χ4v) is 3.49. The van der Waals surface area contributed by atoms with Crippen LogP contribution in [0.25, 0.3) is 0 Å². The van der Waals surface area contributed by atoms with E-state index in [1.54, 1.807) is 0 Å². The lowest BCUT2D eigenvalue weighted by atomic mass is 10.1. The van der Waals surface area contributed by atoms with Crippen LogP contribution in [0.4, 0.5) is 22.7 Å². The molecule has 4 N–H and O–H groups in total. The molecule has 192 valence electrons. The van der Waals surface area contributed by atoms with Gasteiger partial charge in [0.05, 0.1) is 32.6 Å². The molecule has 0 spiro atoms. The molecule has 0 unspecified atom stereocenters. The highest BCUT2D eigenvalue weighted by molar-refractivity contribution is 6.48. The Kier molecular flexibility index (Phi) is 12.7. The fourth-order valence-electron chi connectivity index (χ4n) is 2.63. The number of nitro groups is 3. The van der Waals surface area contributed by atoms with E-state index in [4.69, 9.17) is 57.2 Å². The first-order chi connectivity index (χ1) is 16.4. The van der Waals surface area contributed by atoms with E-state index in [9.17, 15) is 30.3 Å². The van der Waals surface area contributed by atoms with E-state index in [1.807, 2.05) is 0 Å². The van der Waals surface area contributed by atoms with Crippen molar-refractivity contribution < 1.29 is 19.9 Å². The van der Waals surface area contributed by atoms with Gasteiger partial charge in [0.1, 0.15) is 10.0 Å². The Morgan fingerprint density at radius 1 is 0.829 bits per heavy atom. The van der Waals surface area contributed by atoms with E-state index in [0.717, 1.165) is 32.4 Å². The third kappa shape index (κ3) is 9.11. The average Bonchev–Trinajstić information content (AvgIpc) is 2.79. The Morgan fingerprint density at radius 3 is 1.71 bits per heavy atom. The van der Waals surface area contributed by atoms with E-state index >= 15 is 0 Å². The Labute approximate surface area is 218 Å². The summed E-state index contributed by atoms with van der Waals surface area (Å²) in [7, 11) is 0. The summed E-state index contributed by atoms with van der Waals surface area (Å²) in [5.41, 5.74) is 2.98. The van der Waals surface area contributed by atoms with E-state index in [-0.39, 0.29) is 10.3 Å². The van der Waals surface area contributed by atoms with Crippen LogP contribution in [0, 0.1) is 30.3 Å². The lowest BCUT2D eigenvalue weighted by molar-refractivity contribution is -0.404. The van der Waals surface area contributed by atoms with Gasteiger partial charge in [-0.05, 0) is 19.4 Å². The van der Waals surface area contributed by atoms with Crippen LogP contribution in [0.5, 0.6) is 5.75 Å². The van der Waals surface area contributed by atoms with E-state index in [1.165, 1.54) is 12.8 Å². The highest BCUT2D eigenvalue weighted by Crippen LogP contribution is 2.39.